The summed E-state index contributed by atoms with van der Waals surface area (Å²) in [5, 5.41) is 4.90. The van der Waals surface area contributed by atoms with Gasteiger partial charge in [-0.25, -0.2) is 0 Å². The first-order chi connectivity index (χ1) is 11.7. The molecule has 2 aromatic rings. The van der Waals surface area contributed by atoms with E-state index in [1.54, 1.807) is 18.9 Å². The molecule has 24 heavy (non-hydrogen) atoms. The SMILES string of the molecule is CCCCOc1ccc(CNC(=O)c2sccc2SC)cc1OC. The minimum atomic E-state index is -0.0448. The maximum atomic E-state index is 12.3. The fraction of sp³-hybridized carbons (Fsp3) is 0.389. The van der Waals surface area contributed by atoms with Crippen molar-refractivity contribution in [2.24, 2.45) is 0 Å². The number of amides is 1. The van der Waals surface area contributed by atoms with Crippen LogP contribution in [0, 0.1) is 0 Å². The molecule has 2 rings (SSSR count). The minimum Gasteiger partial charge on any atom is -0.493 e. The standard InChI is InChI=1S/C18H23NO3S2/c1-4-5-9-22-14-7-6-13(11-15(14)21-2)12-19-18(20)17-16(23-3)8-10-24-17/h6-8,10-11H,4-5,9,12H2,1-3H3,(H,19,20). The Morgan fingerprint density at radius 2 is 2.12 bits per heavy atom. The first-order valence-electron chi connectivity index (χ1n) is 7.89. The number of hydrogen-bond donors (Lipinski definition) is 1. The number of thioether (sulfide) groups is 1. The fourth-order valence-electron chi connectivity index (χ4n) is 2.15. The summed E-state index contributed by atoms with van der Waals surface area (Å²) in [5.74, 6) is 1.39. The smallest absolute Gasteiger partial charge is 0.262 e. The number of carbonyl (C=O) groups is 1. The van der Waals surface area contributed by atoms with E-state index in [0.717, 1.165) is 33.9 Å². The normalized spacial score (nSPS) is 10.5. The average Bonchev–Trinajstić information content (AvgIpc) is 3.09. The quantitative estimate of drug-likeness (QED) is 0.522. The largest absolute Gasteiger partial charge is 0.493 e. The van der Waals surface area contributed by atoms with Crippen LogP contribution in [0.4, 0.5) is 0 Å². The van der Waals surface area contributed by atoms with Gasteiger partial charge in [0.25, 0.3) is 5.91 Å². The summed E-state index contributed by atoms with van der Waals surface area (Å²) >= 11 is 3.04. The van der Waals surface area contributed by atoms with Crippen molar-refractivity contribution in [1.29, 1.82) is 0 Å². The molecule has 6 heteroatoms. The Balaban J connectivity index is 1.98. The van der Waals surface area contributed by atoms with E-state index in [4.69, 9.17) is 9.47 Å². The third-order valence-electron chi connectivity index (χ3n) is 3.49. The topological polar surface area (TPSA) is 47.6 Å². The monoisotopic (exact) mass is 365 g/mol. The summed E-state index contributed by atoms with van der Waals surface area (Å²) in [5.41, 5.74) is 0.977. The molecule has 4 nitrogen and oxygen atoms in total. The third-order valence-corrected chi connectivity index (χ3v) is 5.31. The molecule has 1 aromatic carbocycles. The van der Waals surface area contributed by atoms with Crippen molar-refractivity contribution < 1.29 is 14.3 Å². The number of ether oxygens (including phenoxy) is 2. The molecule has 0 aliphatic heterocycles. The van der Waals surface area contributed by atoms with E-state index >= 15 is 0 Å². The molecule has 1 N–H and O–H groups in total. The van der Waals surface area contributed by atoms with Crippen molar-refractivity contribution >= 4 is 29.0 Å². The Morgan fingerprint density at radius 1 is 1.29 bits per heavy atom. The number of thiophene rings is 1. The second-order valence-electron chi connectivity index (χ2n) is 5.19. The molecule has 0 unspecified atom stereocenters. The van der Waals surface area contributed by atoms with E-state index in [0.29, 0.717) is 18.9 Å². The predicted molar refractivity (Wildman–Crippen MR) is 101 cm³/mol. The first-order valence-corrected chi connectivity index (χ1v) is 9.99. The molecule has 0 spiro atoms. The number of carbonyl (C=O) groups excluding carboxylic acids is 1. The van der Waals surface area contributed by atoms with Gasteiger partial charge in [0.2, 0.25) is 0 Å². The zero-order valence-electron chi connectivity index (χ0n) is 14.3. The van der Waals surface area contributed by atoms with Crippen LogP contribution in [0.3, 0.4) is 0 Å². The maximum Gasteiger partial charge on any atom is 0.262 e. The Bertz CT molecular complexity index is 670. The van der Waals surface area contributed by atoms with E-state index in [2.05, 4.69) is 12.2 Å². The van der Waals surface area contributed by atoms with E-state index in [9.17, 15) is 4.79 Å². The lowest BCUT2D eigenvalue weighted by molar-refractivity contribution is 0.0952. The summed E-state index contributed by atoms with van der Waals surface area (Å²) in [6.45, 7) is 3.26. The lowest BCUT2D eigenvalue weighted by Gasteiger charge is -2.12. The number of hydrogen-bond acceptors (Lipinski definition) is 5. The van der Waals surface area contributed by atoms with Crippen molar-refractivity contribution in [3.8, 4) is 11.5 Å². The molecular formula is C18H23NO3S2. The Morgan fingerprint density at radius 3 is 2.83 bits per heavy atom. The molecular weight excluding hydrogens is 342 g/mol. The number of rotatable bonds is 9. The molecule has 1 amide bonds. The van der Waals surface area contributed by atoms with Crippen LogP contribution in [0.5, 0.6) is 11.5 Å². The van der Waals surface area contributed by atoms with Gasteiger partial charge in [0.15, 0.2) is 11.5 Å². The Labute approximate surface area is 151 Å². The zero-order chi connectivity index (χ0) is 17.4. The highest BCUT2D eigenvalue weighted by Gasteiger charge is 2.13. The van der Waals surface area contributed by atoms with Crippen molar-refractivity contribution in [1.82, 2.24) is 5.32 Å². The molecule has 1 heterocycles. The molecule has 0 fully saturated rings. The number of benzene rings is 1. The zero-order valence-corrected chi connectivity index (χ0v) is 15.9. The van der Waals surface area contributed by atoms with Gasteiger partial charge in [-0.3, -0.25) is 4.79 Å². The summed E-state index contributed by atoms with van der Waals surface area (Å²) in [6, 6.07) is 7.73. The van der Waals surface area contributed by atoms with E-state index in [-0.39, 0.29) is 5.91 Å². The van der Waals surface area contributed by atoms with Gasteiger partial charge >= 0.3 is 0 Å². The van der Waals surface area contributed by atoms with Crippen molar-refractivity contribution in [3.05, 3.63) is 40.1 Å². The highest BCUT2D eigenvalue weighted by molar-refractivity contribution is 7.98. The highest BCUT2D eigenvalue weighted by Crippen LogP contribution is 2.29. The van der Waals surface area contributed by atoms with Gasteiger partial charge in [-0.1, -0.05) is 19.4 Å². The van der Waals surface area contributed by atoms with Crippen LogP contribution in [0.25, 0.3) is 0 Å². The Hall–Kier alpha value is -1.66. The Kier molecular flexibility index (Phi) is 7.46. The molecule has 0 radical (unpaired) electrons. The van der Waals surface area contributed by atoms with Gasteiger partial charge in [0.05, 0.1) is 13.7 Å². The summed E-state index contributed by atoms with van der Waals surface area (Å²) in [6.07, 6.45) is 4.08. The molecule has 1 aromatic heterocycles. The van der Waals surface area contributed by atoms with Gasteiger partial charge in [0, 0.05) is 11.4 Å². The van der Waals surface area contributed by atoms with Crippen LogP contribution in [-0.4, -0.2) is 25.9 Å². The molecule has 130 valence electrons. The number of methoxy groups -OCH3 is 1. The van der Waals surface area contributed by atoms with Gasteiger partial charge in [-0.2, -0.15) is 0 Å². The second kappa shape index (κ2) is 9.59. The van der Waals surface area contributed by atoms with Crippen LogP contribution in [0.1, 0.15) is 35.0 Å². The minimum absolute atomic E-state index is 0.0448. The summed E-state index contributed by atoms with van der Waals surface area (Å²) in [4.78, 5) is 14.1. The lowest BCUT2D eigenvalue weighted by atomic mass is 10.2. The summed E-state index contributed by atoms with van der Waals surface area (Å²) < 4.78 is 11.1. The molecule has 0 aliphatic carbocycles. The van der Waals surface area contributed by atoms with Gasteiger partial charge < -0.3 is 14.8 Å². The van der Waals surface area contributed by atoms with Crippen LogP contribution >= 0.6 is 23.1 Å². The van der Waals surface area contributed by atoms with Crippen LogP contribution in [0.2, 0.25) is 0 Å². The first kappa shape index (κ1) is 18.7. The van der Waals surface area contributed by atoms with Gasteiger partial charge in [-0.15, -0.1) is 23.1 Å². The molecule has 0 bridgehead atoms. The van der Waals surface area contributed by atoms with E-state index in [1.807, 2.05) is 35.9 Å². The number of nitrogens with one attached hydrogen (secondary N) is 1. The molecule has 0 saturated carbocycles. The predicted octanol–water partition coefficient (Wildman–Crippen LogP) is 4.59. The van der Waals surface area contributed by atoms with Crippen LogP contribution < -0.4 is 14.8 Å². The van der Waals surface area contributed by atoms with Gasteiger partial charge in [0.1, 0.15) is 4.88 Å². The third kappa shape index (κ3) is 4.92. The van der Waals surface area contributed by atoms with E-state index in [1.165, 1.54) is 11.3 Å². The average molecular weight is 366 g/mol. The van der Waals surface area contributed by atoms with Crippen molar-refractivity contribution in [3.63, 3.8) is 0 Å². The lowest BCUT2D eigenvalue weighted by Crippen LogP contribution is -2.22. The fourth-order valence-corrected chi connectivity index (χ4v) is 3.82. The van der Waals surface area contributed by atoms with Crippen molar-refractivity contribution in [2.75, 3.05) is 20.0 Å². The molecule has 0 atom stereocenters. The van der Waals surface area contributed by atoms with Crippen molar-refractivity contribution in [2.45, 2.75) is 31.2 Å². The van der Waals surface area contributed by atoms with E-state index < -0.39 is 0 Å². The number of unbranched alkanes of at least 4 members (excludes halogenated alkanes) is 1. The second-order valence-corrected chi connectivity index (χ2v) is 6.95. The molecule has 0 aliphatic rings. The summed E-state index contributed by atoms with van der Waals surface area (Å²) in [7, 11) is 1.63. The van der Waals surface area contributed by atoms with Crippen LogP contribution in [0.15, 0.2) is 34.5 Å². The van der Waals surface area contributed by atoms with Crippen LogP contribution in [-0.2, 0) is 6.54 Å². The van der Waals surface area contributed by atoms with Gasteiger partial charge in [-0.05, 0) is 41.8 Å². The maximum absolute atomic E-state index is 12.3. The highest BCUT2D eigenvalue weighted by atomic mass is 32.2. The molecule has 0 saturated heterocycles.